The number of nitrogens with two attached hydrogens (primary N) is 1. The number of hydrogen-bond donors (Lipinski definition) is 2. The molecular weight excluding hydrogens is 140 g/mol. The van der Waals surface area contributed by atoms with E-state index in [0.717, 1.165) is 0 Å². The summed E-state index contributed by atoms with van der Waals surface area (Å²) in [5.74, 6) is 2.30. The van der Waals surface area contributed by atoms with Gasteiger partial charge in [0.25, 0.3) is 0 Å². The first-order valence-corrected chi connectivity index (χ1v) is 3.69. The van der Waals surface area contributed by atoms with Crippen LogP contribution in [0.15, 0.2) is 0 Å². The Morgan fingerprint density at radius 1 is 1.82 bits per heavy atom. The molecule has 0 aromatic carbocycles. The van der Waals surface area contributed by atoms with Crippen LogP contribution in [0.3, 0.4) is 0 Å². The van der Waals surface area contributed by atoms with Gasteiger partial charge in [-0.15, -0.1) is 12.3 Å². The van der Waals surface area contributed by atoms with Crippen LogP contribution in [-0.2, 0) is 4.79 Å². The number of hydrogen-bond acceptors (Lipinski definition) is 2. The molecule has 11 heavy (non-hydrogen) atoms. The van der Waals surface area contributed by atoms with Crippen molar-refractivity contribution >= 4 is 5.91 Å². The monoisotopic (exact) mass is 154 g/mol. The van der Waals surface area contributed by atoms with Crippen molar-refractivity contribution in [3.05, 3.63) is 0 Å². The van der Waals surface area contributed by atoms with Crippen LogP contribution in [0.4, 0.5) is 0 Å². The van der Waals surface area contributed by atoms with Gasteiger partial charge < -0.3 is 11.1 Å². The number of rotatable bonds is 4. The lowest BCUT2D eigenvalue weighted by atomic mass is 10.2. The Labute approximate surface area is 67.3 Å². The van der Waals surface area contributed by atoms with Crippen LogP contribution in [0.1, 0.15) is 19.8 Å². The summed E-state index contributed by atoms with van der Waals surface area (Å²) >= 11 is 0. The molecule has 0 saturated carbocycles. The lowest BCUT2D eigenvalue weighted by molar-refractivity contribution is -0.122. The van der Waals surface area contributed by atoms with E-state index in [1.54, 1.807) is 0 Å². The van der Waals surface area contributed by atoms with E-state index in [2.05, 4.69) is 11.2 Å². The average molecular weight is 154 g/mol. The van der Waals surface area contributed by atoms with E-state index in [-0.39, 0.29) is 5.91 Å². The molecule has 0 bridgehead atoms. The molecule has 0 aromatic rings. The van der Waals surface area contributed by atoms with Gasteiger partial charge in [0, 0.05) is 13.0 Å². The van der Waals surface area contributed by atoms with Crippen molar-refractivity contribution in [1.29, 1.82) is 0 Å². The largest absolute Gasteiger partial charge is 0.354 e. The van der Waals surface area contributed by atoms with E-state index in [4.69, 9.17) is 12.2 Å². The molecule has 1 atom stereocenters. The zero-order valence-corrected chi connectivity index (χ0v) is 6.76. The first-order valence-electron chi connectivity index (χ1n) is 3.69. The summed E-state index contributed by atoms with van der Waals surface area (Å²) in [5.41, 5.74) is 5.44. The van der Waals surface area contributed by atoms with E-state index < -0.39 is 6.04 Å². The SMILES string of the molecule is C#CCCNC(=O)[C@@H](N)CC. The van der Waals surface area contributed by atoms with Crippen LogP contribution in [-0.4, -0.2) is 18.5 Å². The second-order valence-electron chi connectivity index (χ2n) is 2.26. The Hall–Kier alpha value is -1.01. The maximum absolute atomic E-state index is 10.9. The fraction of sp³-hybridized carbons (Fsp3) is 0.625. The third kappa shape index (κ3) is 4.40. The summed E-state index contributed by atoms with van der Waals surface area (Å²) in [4.78, 5) is 10.9. The van der Waals surface area contributed by atoms with Gasteiger partial charge in [0.05, 0.1) is 6.04 Å². The third-order valence-corrected chi connectivity index (χ3v) is 1.35. The highest BCUT2D eigenvalue weighted by atomic mass is 16.2. The molecule has 0 spiro atoms. The first kappa shape index (κ1) is 9.99. The fourth-order valence-electron chi connectivity index (χ4n) is 0.574. The maximum atomic E-state index is 10.9. The average Bonchev–Trinajstić information content (AvgIpc) is 2.03. The van der Waals surface area contributed by atoms with Gasteiger partial charge in [0.2, 0.25) is 5.91 Å². The molecule has 0 saturated heterocycles. The fourth-order valence-corrected chi connectivity index (χ4v) is 0.574. The molecule has 0 radical (unpaired) electrons. The first-order chi connectivity index (χ1) is 5.22. The topological polar surface area (TPSA) is 55.1 Å². The Bertz CT molecular complexity index is 160. The Morgan fingerprint density at radius 3 is 2.91 bits per heavy atom. The second kappa shape index (κ2) is 5.75. The van der Waals surface area contributed by atoms with Gasteiger partial charge in [-0.2, -0.15) is 0 Å². The molecule has 3 N–H and O–H groups in total. The predicted octanol–water partition coefficient (Wildman–Crippen LogP) is -0.137. The van der Waals surface area contributed by atoms with Gasteiger partial charge in [-0.1, -0.05) is 6.92 Å². The van der Waals surface area contributed by atoms with Crippen LogP contribution in [0.2, 0.25) is 0 Å². The zero-order valence-electron chi connectivity index (χ0n) is 6.76. The van der Waals surface area contributed by atoms with Crippen LogP contribution in [0.25, 0.3) is 0 Å². The molecule has 0 heterocycles. The Morgan fingerprint density at radius 2 is 2.45 bits per heavy atom. The minimum absolute atomic E-state index is 0.122. The molecule has 0 rings (SSSR count). The smallest absolute Gasteiger partial charge is 0.236 e. The third-order valence-electron chi connectivity index (χ3n) is 1.35. The van der Waals surface area contributed by atoms with E-state index in [9.17, 15) is 4.79 Å². The number of carbonyl (C=O) groups excluding carboxylic acids is 1. The van der Waals surface area contributed by atoms with Gasteiger partial charge >= 0.3 is 0 Å². The summed E-state index contributed by atoms with van der Waals surface area (Å²) < 4.78 is 0. The highest BCUT2D eigenvalue weighted by molar-refractivity contribution is 5.81. The van der Waals surface area contributed by atoms with Gasteiger partial charge in [-0.25, -0.2) is 0 Å². The quantitative estimate of drug-likeness (QED) is 0.437. The van der Waals surface area contributed by atoms with E-state index in [0.29, 0.717) is 19.4 Å². The minimum Gasteiger partial charge on any atom is -0.354 e. The lowest BCUT2D eigenvalue weighted by Crippen LogP contribution is -2.40. The number of terminal acetylenes is 1. The van der Waals surface area contributed by atoms with Gasteiger partial charge in [-0.3, -0.25) is 4.79 Å². The number of nitrogens with one attached hydrogen (secondary N) is 1. The summed E-state index contributed by atoms with van der Waals surface area (Å²) in [6.45, 7) is 2.38. The Balaban J connectivity index is 3.46. The molecule has 0 aliphatic heterocycles. The minimum atomic E-state index is -0.396. The van der Waals surface area contributed by atoms with Crippen LogP contribution in [0, 0.1) is 12.3 Å². The van der Waals surface area contributed by atoms with Crippen molar-refractivity contribution in [2.24, 2.45) is 5.73 Å². The molecule has 3 nitrogen and oxygen atoms in total. The van der Waals surface area contributed by atoms with Gasteiger partial charge in [0.15, 0.2) is 0 Å². The van der Waals surface area contributed by atoms with E-state index in [1.165, 1.54) is 0 Å². The van der Waals surface area contributed by atoms with Crippen molar-refractivity contribution in [2.75, 3.05) is 6.54 Å². The van der Waals surface area contributed by atoms with E-state index >= 15 is 0 Å². The molecule has 3 heteroatoms. The molecule has 0 fully saturated rings. The zero-order chi connectivity index (χ0) is 8.69. The van der Waals surface area contributed by atoms with Crippen LogP contribution in [0.5, 0.6) is 0 Å². The summed E-state index contributed by atoms with van der Waals surface area (Å²) in [7, 11) is 0. The molecule has 0 aliphatic carbocycles. The summed E-state index contributed by atoms with van der Waals surface area (Å²) in [6.07, 6.45) is 6.20. The second-order valence-corrected chi connectivity index (χ2v) is 2.26. The predicted molar refractivity (Wildman–Crippen MR) is 44.7 cm³/mol. The lowest BCUT2D eigenvalue weighted by Gasteiger charge is -2.07. The maximum Gasteiger partial charge on any atom is 0.236 e. The number of carbonyl (C=O) groups is 1. The van der Waals surface area contributed by atoms with Crippen molar-refractivity contribution in [3.63, 3.8) is 0 Å². The molecule has 0 unspecified atom stereocenters. The standard InChI is InChI=1S/C8H14N2O/c1-3-5-6-10-8(11)7(9)4-2/h1,7H,4-6,9H2,2H3,(H,10,11)/t7-/m0/s1. The van der Waals surface area contributed by atoms with Crippen LogP contribution >= 0.6 is 0 Å². The molecular formula is C8H14N2O. The Kier molecular flexibility index (Phi) is 5.22. The molecule has 62 valence electrons. The van der Waals surface area contributed by atoms with E-state index in [1.807, 2.05) is 6.92 Å². The summed E-state index contributed by atoms with van der Waals surface area (Å²) in [6, 6.07) is -0.396. The van der Waals surface area contributed by atoms with Gasteiger partial charge in [-0.05, 0) is 6.42 Å². The molecule has 1 amide bonds. The summed E-state index contributed by atoms with van der Waals surface area (Å²) in [5, 5.41) is 2.63. The van der Waals surface area contributed by atoms with Crippen molar-refractivity contribution in [1.82, 2.24) is 5.32 Å². The van der Waals surface area contributed by atoms with Crippen molar-refractivity contribution < 1.29 is 4.79 Å². The molecule has 0 aliphatic rings. The normalized spacial score (nSPS) is 11.7. The van der Waals surface area contributed by atoms with Crippen molar-refractivity contribution in [2.45, 2.75) is 25.8 Å². The highest BCUT2D eigenvalue weighted by Crippen LogP contribution is 1.84. The highest BCUT2D eigenvalue weighted by Gasteiger charge is 2.08. The van der Waals surface area contributed by atoms with Gasteiger partial charge in [0.1, 0.15) is 0 Å². The van der Waals surface area contributed by atoms with Crippen LogP contribution < -0.4 is 11.1 Å². The molecule has 0 aromatic heterocycles. The van der Waals surface area contributed by atoms with Crippen molar-refractivity contribution in [3.8, 4) is 12.3 Å². The number of amides is 1.